The minimum atomic E-state index is -0.292. The average Bonchev–Trinajstić information content (AvgIpc) is 3.10. The van der Waals surface area contributed by atoms with E-state index in [-0.39, 0.29) is 23.8 Å². The highest BCUT2D eigenvalue weighted by Gasteiger charge is 2.38. The summed E-state index contributed by atoms with van der Waals surface area (Å²) in [5.74, 6) is 1.67. The third-order valence-corrected chi connectivity index (χ3v) is 6.84. The van der Waals surface area contributed by atoms with Crippen molar-refractivity contribution in [1.82, 2.24) is 15.1 Å². The molecule has 1 saturated carbocycles. The summed E-state index contributed by atoms with van der Waals surface area (Å²) >= 11 is 0. The molecular formula is C22H33FN4O2. The molecule has 0 radical (unpaired) electrons. The van der Waals surface area contributed by atoms with Gasteiger partial charge in [-0.05, 0) is 63.1 Å². The molecule has 2 fully saturated rings. The normalized spacial score (nSPS) is 32.7. The molecule has 2 unspecified atom stereocenters. The lowest BCUT2D eigenvalue weighted by molar-refractivity contribution is -0.119. The van der Waals surface area contributed by atoms with Crippen LogP contribution in [0.1, 0.15) is 46.0 Å². The van der Waals surface area contributed by atoms with Crippen molar-refractivity contribution in [2.45, 2.75) is 58.1 Å². The van der Waals surface area contributed by atoms with E-state index in [1.54, 1.807) is 19.9 Å². The molecule has 0 bridgehead atoms. The fourth-order valence-corrected chi connectivity index (χ4v) is 5.03. The number of nitrogens with one attached hydrogen (secondary N) is 1. The van der Waals surface area contributed by atoms with Gasteiger partial charge in [0.15, 0.2) is 11.9 Å². The molecule has 29 heavy (non-hydrogen) atoms. The van der Waals surface area contributed by atoms with E-state index >= 15 is 0 Å². The summed E-state index contributed by atoms with van der Waals surface area (Å²) < 4.78 is 13.8. The predicted molar refractivity (Wildman–Crippen MR) is 111 cm³/mol. The zero-order chi connectivity index (χ0) is 20.4. The topological polar surface area (TPSA) is 57.2 Å². The number of hydrogen-bond acceptors (Lipinski definition) is 5. The summed E-state index contributed by atoms with van der Waals surface area (Å²) in [5, 5.41) is 7.34. The molecule has 160 valence electrons. The van der Waals surface area contributed by atoms with E-state index in [1.165, 1.54) is 19.3 Å². The molecule has 4 aliphatic rings. The Morgan fingerprint density at radius 3 is 2.62 bits per heavy atom. The summed E-state index contributed by atoms with van der Waals surface area (Å²) in [6, 6.07) is 0.381. The van der Waals surface area contributed by atoms with Crippen molar-refractivity contribution in [3.8, 4) is 0 Å². The lowest BCUT2D eigenvalue weighted by Gasteiger charge is -2.37. The molecule has 0 aromatic carbocycles. The second-order valence-electron chi connectivity index (χ2n) is 8.95. The molecule has 0 spiro atoms. The Balaban J connectivity index is 1.19. The lowest BCUT2D eigenvalue weighted by Crippen LogP contribution is -2.50. The highest BCUT2D eigenvalue weighted by atomic mass is 19.1. The van der Waals surface area contributed by atoms with Crippen molar-refractivity contribution in [2.24, 2.45) is 17.0 Å². The molecule has 4 rings (SSSR count). The zero-order valence-electron chi connectivity index (χ0n) is 17.6. The molecule has 2 heterocycles. The molecule has 2 aliphatic heterocycles. The first kappa shape index (κ1) is 20.4. The van der Waals surface area contributed by atoms with Crippen molar-refractivity contribution >= 4 is 11.7 Å². The maximum Gasteiger partial charge on any atom is 0.217 e. The van der Waals surface area contributed by atoms with Crippen LogP contribution in [0.2, 0.25) is 0 Å². The largest absolute Gasteiger partial charge is 0.386 e. The van der Waals surface area contributed by atoms with E-state index in [9.17, 15) is 9.18 Å². The fourth-order valence-electron chi connectivity index (χ4n) is 5.03. The van der Waals surface area contributed by atoms with Gasteiger partial charge in [-0.25, -0.2) is 4.39 Å². The van der Waals surface area contributed by atoms with Crippen molar-refractivity contribution in [3.63, 3.8) is 0 Å². The van der Waals surface area contributed by atoms with Crippen LogP contribution in [0.5, 0.6) is 0 Å². The molecule has 0 aromatic rings. The smallest absolute Gasteiger partial charge is 0.217 e. The second-order valence-corrected chi connectivity index (χ2v) is 8.95. The van der Waals surface area contributed by atoms with Crippen LogP contribution in [0.4, 0.5) is 4.39 Å². The van der Waals surface area contributed by atoms with E-state index in [4.69, 9.17) is 4.84 Å². The Bertz CT molecular complexity index is 704. The minimum absolute atomic E-state index is 0.0415. The predicted octanol–water partition coefficient (Wildman–Crippen LogP) is 2.83. The van der Waals surface area contributed by atoms with Crippen LogP contribution in [-0.2, 0) is 9.63 Å². The van der Waals surface area contributed by atoms with Gasteiger partial charge in [0.25, 0.3) is 0 Å². The number of rotatable bonds is 4. The average molecular weight is 405 g/mol. The van der Waals surface area contributed by atoms with Crippen LogP contribution in [0.3, 0.4) is 0 Å². The number of hydrogen-bond donors (Lipinski definition) is 1. The van der Waals surface area contributed by atoms with Crippen LogP contribution < -0.4 is 5.32 Å². The number of amides is 1. The first-order chi connectivity index (χ1) is 14.0. The Hall–Kier alpha value is -1.89. The Kier molecular flexibility index (Phi) is 6.23. The second kappa shape index (κ2) is 8.86. The first-order valence-corrected chi connectivity index (χ1v) is 11.0. The van der Waals surface area contributed by atoms with Crippen molar-refractivity contribution in [3.05, 3.63) is 23.6 Å². The Morgan fingerprint density at radius 1 is 1.21 bits per heavy atom. The summed E-state index contributed by atoms with van der Waals surface area (Å²) in [5.41, 5.74) is 0.677. The number of oxime groups is 1. The number of fused-ring (bicyclic) bond motifs is 1. The van der Waals surface area contributed by atoms with Crippen LogP contribution >= 0.6 is 0 Å². The third-order valence-electron chi connectivity index (χ3n) is 6.84. The maximum atomic E-state index is 13.8. The standard InChI is InChI=1S/C22H33FN4O2/c1-15-13-19-21(14-20(15)23)29-25-22(19)27-11-9-26(10-12-27)8-7-17-3-5-18(6-4-17)24-16(2)28/h13-14,17-19,21H,3-12H2,1-2H3,(H,24,28). The number of nitrogens with zero attached hydrogens (tertiary/aromatic N) is 3. The summed E-state index contributed by atoms with van der Waals surface area (Å²) in [7, 11) is 0. The zero-order valence-corrected chi connectivity index (χ0v) is 17.6. The van der Waals surface area contributed by atoms with E-state index in [0.717, 1.165) is 57.3 Å². The van der Waals surface area contributed by atoms with Gasteiger partial charge in [-0.15, -0.1) is 0 Å². The molecule has 1 amide bonds. The van der Waals surface area contributed by atoms with Crippen molar-refractivity contribution in [2.75, 3.05) is 32.7 Å². The van der Waals surface area contributed by atoms with E-state index < -0.39 is 0 Å². The summed E-state index contributed by atoms with van der Waals surface area (Å²) in [6.45, 7) is 8.51. The molecule has 1 saturated heterocycles. The molecule has 0 aromatic heterocycles. The third kappa shape index (κ3) is 4.82. The van der Waals surface area contributed by atoms with Crippen LogP contribution in [0.15, 0.2) is 28.7 Å². The number of halogens is 1. The van der Waals surface area contributed by atoms with Gasteiger partial charge in [0.05, 0.1) is 5.92 Å². The molecule has 7 heteroatoms. The van der Waals surface area contributed by atoms with Gasteiger partial charge in [0.2, 0.25) is 5.91 Å². The first-order valence-electron chi connectivity index (χ1n) is 11.0. The number of carbonyl (C=O) groups excluding carboxylic acids is 1. The number of amidine groups is 1. The monoisotopic (exact) mass is 404 g/mol. The van der Waals surface area contributed by atoms with Gasteiger partial charge in [-0.3, -0.25) is 9.69 Å². The van der Waals surface area contributed by atoms with Crippen LogP contribution in [-0.4, -0.2) is 66.4 Å². The molecular weight excluding hydrogens is 371 g/mol. The van der Waals surface area contributed by atoms with Gasteiger partial charge < -0.3 is 15.1 Å². The van der Waals surface area contributed by atoms with Crippen molar-refractivity contribution < 1.29 is 14.0 Å². The minimum Gasteiger partial charge on any atom is -0.386 e. The summed E-state index contributed by atoms with van der Waals surface area (Å²) in [4.78, 5) is 21.5. The highest BCUT2D eigenvalue weighted by molar-refractivity contribution is 5.88. The number of carbonyl (C=O) groups is 1. The molecule has 6 nitrogen and oxygen atoms in total. The molecule has 2 atom stereocenters. The van der Waals surface area contributed by atoms with Gasteiger partial charge in [0.1, 0.15) is 5.83 Å². The number of allylic oxidation sites excluding steroid dienone is 2. The SMILES string of the molecule is CC(=O)NC1CCC(CCN2CCN(C3=NOC4C=C(F)C(C)=CC34)CC2)CC1. The van der Waals surface area contributed by atoms with Gasteiger partial charge in [0, 0.05) is 39.1 Å². The van der Waals surface area contributed by atoms with Crippen LogP contribution in [0, 0.1) is 11.8 Å². The van der Waals surface area contributed by atoms with E-state index in [0.29, 0.717) is 11.6 Å². The van der Waals surface area contributed by atoms with E-state index in [2.05, 4.69) is 20.3 Å². The molecule has 2 aliphatic carbocycles. The Labute approximate surface area is 172 Å². The summed E-state index contributed by atoms with van der Waals surface area (Å²) in [6.07, 6.45) is 9.12. The molecule has 1 N–H and O–H groups in total. The van der Waals surface area contributed by atoms with E-state index in [1.807, 2.05) is 6.08 Å². The number of piperazine rings is 1. The van der Waals surface area contributed by atoms with Crippen molar-refractivity contribution in [1.29, 1.82) is 0 Å². The highest BCUT2D eigenvalue weighted by Crippen LogP contribution is 2.32. The van der Waals surface area contributed by atoms with Crippen LogP contribution in [0.25, 0.3) is 0 Å². The Morgan fingerprint density at radius 2 is 1.93 bits per heavy atom. The lowest BCUT2D eigenvalue weighted by atomic mass is 9.84. The van der Waals surface area contributed by atoms with Gasteiger partial charge in [-0.2, -0.15) is 0 Å². The maximum absolute atomic E-state index is 13.8. The van der Waals surface area contributed by atoms with Gasteiger partial charge >= 0.3 is 0 Å². The fraction of sp³-hybridized carbons (Fsp3) is 0.727. The van der Waals surface area contributed by atoms with Gasteiger partial charge in [-0.1, -0.05) is 11.2 Å². The quantitative estimate of drug-likeness (QED) is 0.783.